The highest BCUT2D eigenvalue weighted by Crippen LogP contribution is 2.25. The van der Waals surface area contributed by atoms with Gasteiger partial charge in [0.2, 0.25) is 0 Å². The van der Waals surface area contributed by atoms with Crippen LogP contribution in [0.2, 0.25) is 5.02 Å². The van der Waals surface area contributed by atoms with Crippen LogP contribution in [0.3, 0.4) is 0 Å². The number of carbonyl (C=O) groups is 1. The Morgan fingerprint density at radius 2 is 2.00 bits per heavy atom. The van der Waals surface area contributed by atoms with Crippen molar-refractivity contribution < 1.29 is 9.53 Å². The zero-order chi connectivity index (χ0) is 16.1. The topological polar surface area (TPSA) is 52.1 Å². The average molecular weight is 337 g/mol. The second kappa shape index (κ2) is 7.61. The van der Waals surface area contributed by atoms with Gasteiger partial charge in [0.1, 0.15) is 16.6 Å². The van der Waals surface area contributed by atoms with Crippen molar-refractivity contribution >= 4 is 29.1 Å². The van der Waals surface area contributed by atoms with Gasteiger partial charge in [0.25, 0.3) is 0 Å². The Balaban J connectivity index is 2.00. The summed E-state index contributed by atoms with van der Waals surface area (Å²) in [6, 6.07) is 7.34. The zero-order valence-corrected chi connectivity index (χ0v) is 14.3. The van der Waals surface area contributed by atoms with E-state index in [1.54, 1.807) is 6.07 Å². The molecule has 0 amide bonds. The van der Waals surface area contributed by atoms with Gasteiger partial charge in [-0.2, -0.15) is 0 Å². The molecule has 1 aromatic carbocycles. The molecule has 0 aliphatic rings. The van der Waals surface area contributed by atoms with Gasteiger partial charge in [-0.3, -0.25) is 4.79 Å². The summed E-state index contributed by atoms with van der Waals surface area (Å²) in [6.45, 7) is 5.66. The van der Waals surface area contributed by atoms with Crippen molar-refractivity contribution in [2.24, 2.45) is 0 Å². The van der Waals surface area contributed by atoms with Crippen LogP contribution in [0.25, 0.3) is 0 Å². The maximum absolute atomic E-state index is 11.8. The Hall–Kier alpha value is -1.59. The summed E-state index contributed by atoms with van der Waals surface area (Å²) < 4.78 is 5.64. The fourth-order valence-corrected chi connectivity index (χ4v) is 3.23. The number of ketones is 1. The molecule has 0 fully saturated rings. The molecule has 0 atom stereocenters. The molecule has 0 saturated heterocycles. The number of Topliss-reactive ketones (excluding diaryl/α,β-unsaturated/α-hetero) is 1. The van der Waals surface area contributed by atoms with Crippen molar-refractivity contribution in [2.45, 2.75) is 25.8 Å². The van der Waals surface area contributed by atoms with Crippen molar-refractivity contribution in [1.82, 2.24) is 9.97 Å². The normalized spacial score (nSPS) is 10.5. The van der Waals surface area contributed by atoms with E-state index in [9.17, 15) is 4.79 Å². The Morgan fingerprint density at radius 1 is 1.27 bits per heavy atom. The summed E-state index contributed by atoms with van der Waals surface area (Å²) in [7, 11) is 0. The number of hydrogen-bond donors (Lipinski definition) is 0. The molecule has 0 spiro atoms. The molecule has 2 rings (SSSR count). The summed E-state index contributed by atoms with van der Waals surface area (Å²) in [5.74, 6) is 1.97. The van der Waals surface area contributed by atoms with E-state index in [4.69, 9.17) is 16.3 Å². The SMILES string of the molecule is CC(=O)c1c(C)nc(C)nc1SCCOc1ccccc1Cl. The third-order valence-corrected chi connectivity index (χ3v) is 4.19. The number of benzene rings is 1. The molecule has 0 aliphatic heterocycles. The van der Waals surface area contributed by atoms with Crippen LogP contribution in [-0.4, -0.2) is 28.1 Å². The van der Waals surface area contributed by atoms with Crippen LogP contribution in [0.4, 0.5) is 0 Å². The zero-order valence-electron chi connectivity index (χ0n) is 12.7. The highest BCUT2D eigenvalue weighted by atomic mass is 35.5. The molecular formula is C16H17ClN2O2S. The van der Waals surface area contributed by atoms with Crippen LogP contribution >= 0.6 is 23.4 Å². The third kappa shape index (κ3) is 4.21. The van der Waals surface area contributed by atoms with E-state index in [1.165, 1.54) is 18.7 Å². The molecule has 0 radical (unpaired) electrons. The first-order chi connectivity index (χ1) is 10.5. The minimum Gasteiger partial charge on any atom is -0.491 e. The lowest BCUT2D eigenvalue weighted by Gasteiger charge is -2.10. The predicted molar refractivity (Wildman–Crippen MR) is 89.2 cm³/mol. The van der Waals surface area contributed by atoms with E-state index < -0.39 is 0 Å². The van der Waals surface area contributed by atoms with Crippen LogP contribution in [0, 0.1) is 13.8 Å². The highest BCUT2D eigenvalue weighted by molar-refractivity contribution is 7.99. The van der Waals surface area contributed by atoms with Crippen LogP contribution in [0.1, 0.15) is 28.8 Å². The molecule has 2 aromatic rings. The van der Waals surface area contributed by atoms with Crippen LogP contribution in [0.5, 0.6) is 5.75 Å². The van der Waals surface area contributed by atoms with Gasteiger partial charge in [-0.05, 0) is 32.9 Å². The minimum atomic E-state index is -0.0213. The van der Waals surface area contributed by atoms with Crippen molar-refractivity contribution in [3.8, 4) is 5.75 Å². The molecule has 116 valence electrons. The molecule has 6 heteroatoms. The Labute approximate surface area is 139 Å². The van der Waals surface area contributed by atoms with E-state index >= 15 is 0 Å². The quantitative estimate of drug-likeness (QED) is 0.344. The molecule has 1 aromatic heterocycles. The summed E-state index contributed by atoms with van der Waals surface area (Å²) in [4.78, 5) is 20.4. The molecule has 0 bridgehead atoms. The van der Waals surface area contributed by atoms with Crippen molar-refractivity contribution in [1.29, 1.82) is 0 Å². The smallest absolute Gasteiger partial charge is 0.164 e. The second-order valence-electron chi connectivity index (χ2n) is 4.72. The van der Waals surface area contributed by atoms with Gasteiger partial charge < -0.3 is 4.74 Å². The molecule has 0 saturated carbocycles. The minimum absolute atomic E-state index is 0.0213. The van der Waals surface area contributed by atoms with Crippen molar-refractivity contribution in [2.75, 3.05) is 12.4 Å². The second-order valence-corrected chi connectivity index (χ2v) is 6.21. The number of rotatable bonds is 6. The maximum Gasteiger partial charge on any atom is 0.164 e. The van der Waals surface area contributed by atoms with Crippen molar-refractivity contribution in [3.05, 3.63) is 46.4 Å². The first-order valence-corrected chi connectivity index (χ1v) is 8.21. The number of ether oxygens (including phenoxy) is 1. The van der Waals surface area contributed by atoms with Crippen LogP contribution < -0.4 is 4.74 Å². The summed E-state index contributed by atoms with van der Waals surface area (Å²) >= 11 is 7.52. The van der Waals surface area contributed by atoms with Crippen molar-refractivity contribution in [3.63, 3.8) is 0 Å². The molecule has 1 heterocycles. The van der Waals surface area contributed by atoms with Gasteiger partial charge in [-0.1, -0.05) is 23.7 Å². The highest BCUT2D eigenvalue weighted by Gasteiger charge is 2.14. The Kier molecular flexibility index (Phi) is 5.80. The molecule has 4 nitrogen and oxygen atoms in total. The number of hydrogen-bond acceptors (Lipinski definition) is 5. The Bertz CT molecular complexity index is 692. The molecule has 22 heavy (non-hydrogen) atoms. The van der Waals surface area contributed by atoms with Gasteiger partial charge in [-0.15, -0.1) is 11.8 Å². The third-order valence-electron chi connectivity index (χ3n) is 2.94. The monoisotopic (exact) mass is 336 g/mol. The lowest BCUT2D eigenvalue weighted by Crippen LogP contribution is -2.08. The van der Waals surface area contributed by atoms with Gasteiger partial charge >= 0.3 is 0 Å². The fourth-order valence-electron chi connectivity index (χ4n) is 2.04. The van der Waals surface area contributed by atoms with Gasteiger partial charge in [0, 0.05) is 5.75 Å². The number of para-hydroxylation sites is 1. The van der Waals surface area contributed by atoms with Gasteiger partial charge in [-0.25, -0.2) is 9.97 Å². The number of halogens is 1. The lowest BCUT2D eigenvalue weighted by molar-refractivity contribution is 0.101. The van der Waals surface area contributed by atoms with E-state index in [-0.39, 0.29) is 5.78 Å². The number of carbonyl (C=O) groups excluding carboxylic acids is 1. The van der Waals surface area contributed by atoms with E-state index in [2.05, 4.69) is 9.97 Å². The number of aryl methyl sites for hydroxylation is 2. The standard InChI is InChI=1S/C16H17ClN2O2S/c1-10-15(11(2)20)16(19-12(3)18-10)22-9-8-21-14-7-5-4-6-13(14)17/h4-7H,8-9H2,1-3H3. The number of thioether (sulfide) groups is 1. The summed E-state index contributed by atoms with van der Waals surface area (Å²) in [5, 5.41) is 1.30. The van der Waals surface area contributed by atoms with E-state index in [0.29, 0.717) is 39.5 Å². The maximum atomic E-state index is 11.8. The summed E-state index contributed by atoms with van der Waals surface area (Å²) in [6.07, 6.45) is 0. The van der Waals surface area contributed by atoms with Crippen LogP contribution in [0.15, 0.2) is 29.3 Å². The molecule has 0 aliphatic carbocycles. The predicted octanol–water partition coefficient (Wildman–Crippen LogP) is 4.12. The molecule has 0 N–H and O–H groups in total. The fraction of sp³-hybridized carbons (Fsp3) is 0.312. The van der Waals surface area contributed by atoms with E-state index in [0.717, 1.165) is 5.69 Å². The van der Waals surface area contributed by atoms with Crippen LogP contribution in [-0.2, 0) is 0 Å². The first-order valence-electron chi connectivity index (χ1n) is 6.85. The summed E-state index contributed by atoms with van der Waals surface area (Å²) in [5.41, 5.74) is 1.31. The first kappa shape index (κ1) is 16.8. The van der Waals surface area contributed by atoms with E-state index in [1.807, 2.05) is 32.0 Å². The number of nitrogens with zero attached hydrogens (tertiary/aromatic N) is 2. The largest absolute Gasteiger partial charge is 0.491 e. The lowest BCUT2D eigenvalue weighted by atomic mass is 10.2. The van der Waals surface area contributed by atoms with Gasteiger partial charge in [0.15, 0.2) is 5.78 Å². The number of aromatic nitrogens is 2. The van der Waals surface area contributed by atoms with Gasteiger partial charge in [0.05, 0.1) is 22.9 Å². The average Bonchev–Trinajstić information content (AvgIpc) is 2.44. The molecule has 0 unspecified atom stereocenters. The Morgan fingerprint density at radius 3 is 2.68 bits per heavy atom. The molecular weight excluding hydrogens is 320 g/mol.